The maximum absolute atomic E-state index is 13.4. The van der Waals surface area contributed by atoms with Crippen LogP contribution in [0.3, 0.4) is 0 Å². The number of hydrogen-bond donors (Lipinski definition) is 0. The van der Waals surface area contributed by atoms with Crippen molar-refractivity contribution in [1.82, 2.24) is 9.97 Å². The van der Waals surface area contributed by atoms with Crippen molar-refractivity contribution >= 4 is 21.9 Å². The lowest BCUT2D eigenvalue weighted by Gasteiger charge is -2.20. The second-order valence-electron chi connectivity index (χ2n) is 6.75. The molecule has 0 amide bonds. The second-order valence-corrected chi connectivity index (χ2v) is 8.76. The second kappa shape index (κ2) is 8.64. The molecule has 9 heteroatoms. The van der Waals surface area contributed by atoms with E-state index in [1.54, 1.807) is 6.92 Å². The SMILES string of the molecule is CCOC(=O)c1c(CC(C)C)nc(N(C)S(C)(=O)=O)nc1-c1ccc(F)cc1. The zero-order chi connectivity index (χ0) is 21.1. The molecule has 2 rings (SSSR count). The van der Waals surface area contributed by atoms with Crippen LogP contribution in [-0.2, 0) is 21.2 Å². The minimum absolute atomic E-state index is 0.0643. The zero-order valence-corrected chi connectivity index (χ0v) is 17.4. The van der Waals surface area contributed by atoms with Gasteiger partial charge in [0.2, 0.25) is 16.0 Å². The summed E-state index contributed by atoms with van der Waals surface area (Å²) < 4.78 is 43.5. The third-order valence-electron chi connectivity index (χ3n) is 3.95. The average molecular weight is 409 g/mol. The third kappa shape index (κ3) is 5.03. The summed E-state index contributed by atoms with van der Waals surface area (Å²) in [7, 11) is -2.28. The van der Waals surface area contributed by atoms with Gasteiger partial charge in [0.1, 0.15) is 11.4 Å². The van der Waals surface area contributed by atoms with Crippen molar-refractivity contribution in [1.29, 1.82) is 0 Å². The predicted octanol–water partition coefficient (Wildman–Crippen LogP) is 3.05. The molecule has 0 radical (unpaired) electrons. The molecule has 0 aliphatic heterocycles. The molecule has 2 aromatic rings. The largest absolute Gasteiger partial charge is 0.462 e. The van der Waals surface area contributed by atoms with Crippen LogP contribution in [0.5, 0.6) is 0 Å². The van der Waals surface area contributed by atoms with E-state index in [2.05, 4.69) is 9.97 Å². The number of carbonyl (C=O) groups is 1. The van der Waals surface area contributed by atoms with Crippen LogP contribution < -0.4 is 4.31 Å². The van der Waals surface area contributed by atoms with Crippen molar-refractivity contribution in [2.45, 2.75) is 27.2 Å². The van der Waals surface area contributed by atoms with Gasteiger partial charge >= 0.3 is 5.97 Å². The molecular weight excluding hydrogens is 385 g/mol. The Kier molecular flexibility index (Phi) is 6.71. The molecule has 0 spiro atoms. The van der Waals surface area contributed by atoms with Gasteiger partial charge in [0.05, 0.1) is 24.3 Å². The van der Waals surface area contributed by atoms with Gasteiger partial charge in [-0.1, -0.05) is 13.8 Å². The lowest BCUT2D eigenvalue weighted by molar-refractivity contribution is 0.0525. The summed E-state index contributed by atoms with van der Waals surface area (Å²) in [5, 5.41) is 0. The summed E-state index contributed by atoms with van der Waals surface area (Å²) >= 11 is 0. The maximum atomic E-state index is 13.4. The molecular formula is C19H24FN3O4S. The Morgan fingerprint density at radius 1 is 1.21 bits per heavy atom. The Bertz CT molecular complexity index is 960. The number of halogens is 1. The van der Waals surface area contributed by atoms with E-state index in [0.717, 1.165) is 10.6 Å². The van der Waals surface area contributed by atoms with Gasteiger partial charge in [0.25, 0.3) is 0 Å². The van der Waals surface area contributed by atoms with Crippen molar-refractivity contribution in [2.75, 3.05) is 24.2 Å². The molecule has 0 saturated heterocycles. The zero-order valence-electron chi connectivity index (χ0n) is 16.6. The standard InChI is InChI=1S/C19H24FN3O4S/c1-6-27-18(24)16-15(11-12(2)3)21-19(23(4)28(5,25)26)22-17(16)13-7-9-14(20)10-8-13/h7-10,12H,6,11H2,1-5H3. The van der Waals surface area contributed by atoms with Crippen molar-refractivity contribution in [3.05, 3.63) is 41.3 Å². The van der Waals surface area contributed by atoms with Gasteiger partial charge in [0, 0.05) is 12.6 Å². The van der Waals surface area contributed by atoms with Crippen LogP contribution >= 0.6 is 0 Å². The van der Waals surface area contributed by atoms with Crippen LogP contribution in [-0.4, -0.2) is 44.3 Å². The van der Waals surface area contributed by atoms with E-state index in [0.29, 0.717) is 17.7 Å². The van der Waals surface area contributed by atoms with Crippen LogP contribution in [0, 0.1) is 11.7 Å². The van der Waals surface area contributed by atoms with Crippen molar-refractivity contribution in [3.8, 4) is 11.3 Å². The van der Waals surface area contributed by atoms with Crippen molar-refractivity contribution in [3.63, 3.8) is 0 Å². The number of nitrogens with zero attached hydrogens (tertiary/aromatic N) is 3. The lowest BCUT2D eigenvalue weighted by atomic mass is 9.99. The molecule has 0 aliphatic carbocycles. The quantitative estimate of drug-likeness (QED) is 0.653. The van der Waals surface area contributed by atoms with E-state index in [1.165, 1.54) is 31.3 Å². The number of aromatic nitrogens is 2. The molecule has 152 valence electrons. The fourth-order valence-corrected chi connectivity index (χ4v) is 2.93. The normalized spacial score (nSPS) is 11.5. The number of benzene rings is 1. The van der Waals surface area contributed by atoms with Gasteiger partial charge in [-0.25, -0.2) is 31.9 Å². The van der Waals surface area contributed by atoms with Crippen LogP contribution in [0.25, 0.3) is 11.3 Å². The number of esters is 1. The summed E-state index contributed by atoms with van der Waals surface area (Å²) in [6.07, 6.45) is 1.45. The minimum atomic E-state index is -3.62. The van der Waals surface area contributed by atoms with Crippen LogP contribution in [0.4, 0.5) is 10.3 Å². The van der Waals surface area contributed by atoms with Gasteiger partial charge in [-0.2, -0.15) is 0 Å². The Morgan fingerprint density at radius 3 is 2.32 bits per heavy atom. The topological polar surface area (TPSA) is 89.5 Å². The maximum Gasteiger partial charge on any atom is 0.342 e. The Hall–Kier alpha value is -2.55. The van der Waals surface area contributed by atoms with Crippen LogP contribution in [0.1, 0.15) is 36.8 Å². The fourth-order valence-electron chi connectivity index (χ4n) is 2.55. The first kappa shape index (κ1) is 21.7. The molecule has 1 aromatic heterocycles. The first-order chi connectivity index (χ1) is 13.0. The molecule has 0 aliphatic rings. The third-order valence-corrected chi connectivity index (χ3v) is 5.11. The predicted molar refractivity (Wildman–Crippen MR) is 105 cm³/mol. The highest BCUT2D eigenvalue weighted by molar-refractivity contribution is 7.92. The highest BCUT2D eigenvalue weighted by Gasteiger charge is 2.26. The van der Waals surface area contributed by atoms with Gasteiger partial charge in [-0.05, 0) is 43.5 Å². The molecule has 0 saturated carbocycles. The molecule has 7 nitrogen and oxygen atoms in total. The van der Waals surface area contributed by atoms with E-state index >= 15 is 0 Å². The van der Waals surface area contributed by atoms with Gasteiger partial charge in [0.15, 0.2) is 0 Å². The molecule has 0 N–H and O–H groups in total. The van der Waals surface area contributed by atoms with Gasteiger partial charge < -0.3 is 4.74 Å². The first-order valence-corrected chi connectivity index (χ1v) is 10.7. The summed E-state index contributed by atoms with van der Waals surface area (Å²) in [5.41, 5.74) is 1.20. The number of carbonyl (C=O) groups excluding carboxylic acids is 1. The molecule has 0 unspecified atom stereocenters. The summed E-state index contributed by atoms with van der Waals surface area (Å²) in [5.74, 6) is -0.969. The smallest absolute Gasteiger partial charge is 0.342 e. The van der Waals surface area contributed by atoms with E-state index in [-0.39, 0.29) is 29.7 Å². The number of anilines is 1. The summed E-state index contributed by atoms with van der Waals surface area (Å²) in [4.78, 5) is 21.3. The number of hydrogen-bond acceptors (Lipinski definition) is 6. The van der Waals surface area contributed by atoms with Crippen molar-refractivity contribution < 1.29 is 22.3 Å². The number of sulfonamides is 1. The summed E-state index contributed by atoms with van der Waals surface area (Å²) in [6, 6.07) is 5.44. The van der Waals surface area contributed by atoms with E-state index < -0.39 is 21.8 Å². The average Bonchev–Trinajstić information content (AvgIpc) is 2.60. The molecule has 1 heterocycles. The molecule has 0 fully saturated rings. The molecule has 28 heavy (non-hydrogen) atoms. The first-order valence-electron chi connectivity index (χ1n) is 8.82. The van der Waals surface area contributed by atoms with Crippen LogP contribution in [0.2, 0.25) is 0 Å². The van der Waals surface area contributed by atoms with Gasteiger partial charge in [-0.3, -0.25) is 0 Å². The highest BCUT2D eigenvalue weighted by atomic mass is 32.2. The van der Waals surface area contributed by atoms with Crippen molar-refractivity contribution in [2.24, 2.45) is 5.92 Å². The van der Waals surface area contributed by atoms with E-state index in [9.17, 15) is 17.6 Å². The molecule has 0 atom stereocenters. The monoisotopic (exact) mass is 409 g/mol. The molecule has 1 aromatic carbocycles. The Balaban J connectivity index is 2.82. The molecule has 0 bridgehead atoms. The van der Waals surface area contributed by atoms with E-state index in [1.807, 2.05) is 13.8 Å². The highest BCUT2D eigenvalue weighted by Crippen LogP contribution is 2.29. The van der Waals surface area contributed by atoms with E-state index in [4.69, 9.17) is 4.74 Å². The fraction of sp³-hybridized carbons (Fsp3) is 0.421. The number of rotatable bonds is 7. The number of ether oxygens (including phenoxy) is 1. The minimum Gasteiger partial charge on any atom is -0.462 e. The Labute approximate surface area is 164 Å². The van der Waals surface area contributed by atoms with Crippen LogP contribution in [0.15, 0.2) is 24.3 Å². The lowest BCUT2D eigenvalue weighted by Crippen LogP contribution is -2.28. The van der Waals surface area contributed by atoms with Gasteiger partial charge in [-0.15, -0.1) is 0 Å². The Morgan fingerprint density at radius 2 is 1.82 bits per heavy atom. The summed E-state index contributed by atoms with van der Waals surface area (Å²) in [6.45, 7) is 5.75.